The Hall–Kier alpha value is -2.18. The van der Waals surface area contributed by atoms with E-state index in [2.05, 4.69) is 5.32 Å². The van der Waals surface area contributed by atoms with Crippen LogP contribution in [0.3, 0.4) is 0 Å². The van der Waals surface area contributed by atoms with Crippen molar-refractivity contribution in [2.75, 3.05) is 12.3 Å². The van der Waals surface area contributed by atoms with Crippen molar-refractivity contribution in [3.8, 4) is 0 Å². The molecule has 0 saturated heterocycles. The van der Waals surface area contributed by atoms with Crippen molar-refractivity contribution in [1.82, 2.24) is 10.2 Å². The summed E-state index contributed by atoms with van der Waals surface area (Å²) < 4.78 is 0. The van der Waals surface area contributed by atoms with Crippen LogP contribution in [-0.4, -0.2) is 35.1 Å². The van der Waals surface area contributed by atoms with E-state index in [-0.39, 0.29) is 24.1 Å². The number of rotatable bonds is 11. The highest BCUT2D eigenvalue weighted by atomic mass is 35.5. The highest BCUT2D eigenvalue weighted by Gasteiger charge is 2.30. The fourth-order valence-electron chi connectivity index (χ4n) is 3.63. The van der Waals surface area contributed by atoms with Crippen molar-refractivity contribution in [3.05, 3.63) is 105 Å². The highest BCUT2D eigenvalue weighted by molar-refractivity contribution is 7.99. The van der Waals surface area contributed by atoms with E-state index >= 15 is 0 Å². The van der Waals surface area contributed by atoms with Gasteiger partial charge in [0.25, 0.3) is 0 Å². The Labute approximate surface area is 225 Å². The minimum absolute atomic E-state index is 0.139. The Morgan fingerprint density at radius 3 is 2.29 bits per heavy atom. The second-order valence-corrected chi connectivity index (χ2v) is 10.2. The van der Waals surface area contributed by atoms with Gasteiger partial charge in [0.2, 0.25) is 11.8 Å². The minimum atomic E-state index is -0.680. The predicted octanol–water partition coefficient (Wildman–Crippen LogP) is 6.66. The standard InChI is InChI=1S/C27H27Cl3N2O2S/c1-2-31-27(34)25(15-19-8-4-3-5-9-19)32(16-20-12-13-23(29)24(30)14-20)26(33)18-35-17-21-10-6-7-11-22(21)28/h3-14,25H,2,15-18H2,1H3,(H,31,34). The topological polar surface area (TPSA) is 49.4 Å². The molecule has 0 bridgehead atoms. The lowest BCUT2D eigenvalue weighted by molar-refractivity contribution is -0.139. The van der Waals surface area contributed by atoms with E-state index < -0.39 is 6.04 Å². The highest BCUT2D eigenvalue weighted by Crippen LogP contribution is 2.25. The smallest absolute Gasteiger partial charge is 0.243 e. The summed E-state index contributed by atoms with van der Waals surface area (Å²) >= 11 is 20.1. The van der Waals surface area contributed by atoms with Crippen LogP contribution in [0.15, 0.2) is 72.8 Å². The minimum Gasteiger partial charge on any atom is -0.355 e. The van der Waals surface area contributed by atoms with Gasteiger partial charge in [-0.1, -0.05) is 89.4 Å². The first-order valence-corrected chi connectivity index (χ1v) is 13.5. The summed E-state index contributed by atoms with van der Waals surface area (Å²) in [5.74, 6) is 0.467. The Kier molecular flexibility index (Phi) is 10.8. The molecule has 8 heteroatoms. The van der Waals surface area contributed by atoms with E-state index in [0.717, 1.165) is 16.7 Å². The second-order valence-electron chi connectivity index (χ2n) is 7.95. The van der Waals surface area contributed by atoms with E-state index in [4.69, 9.17) is 34.8 Å². The molecule has 3 aromatic carbocycles. The maximum Gasteiger partial charge on any atom is 0.243 e. The molecule has 1 atom stereocenters. The molecule has 0 saturated carbocycles. The molecule has 0 radical (unpaired) electrons. The van der Waals surface area contributed by atoms with Crippen molar-refractivity contribution in [2.45, 2.75) is 31.7 Å². The summed E-state index contributed by atoms with van der Waals surface area (Å²) in [6.45, 7) is 2.57. The average molecular weight is 550 g/mol. The van der Waals surface area contributed by atoms with Gasteiger partial charge in [-0.25, -0.2) is 0 Å². The molecule has 0 fully saturated rings. The number of amides is 2. The molecule has 2 amide bonds. The second kappa shape index (κ2) is 13.8. The molecular weight excluding hydrogens is 523 g/mol. The van der Waals surface area contributed by atoms with Gasteiger partial charge in [0.15, 0.2) is 0 Å². The fraction of sp³-hybridized carbons (Fsp3) is 0.259. The average Bonchev–Trinajstić information content (AvgIpc) is 2.85. The largest absolute Gasteiger partial charge is 0.355 e. The van der Waals surface area contributed by atoms with Crippen molar-refractivity contribution in [3.63, 3.8) is 0 Å². The molecular formula is C27H27Cl3N2O2S. The van der Waals surface area contributed by atoms with E-state index in [1.807, 2.05) is 67.6 Å². The molecule has 0 spiro atoms. The quantitative estimate of drug-likeness (QED) is 0.291. The van der Waals surface area contributed by atoms with E-state index in [0.29, 0.717) is 33.8 Å². The molecule has 1 N–H and O–H groups in total. The first-order valence-electron chi connectivity index (χ1n) is 11.2. The van der Waals surface area contributed by atoms with Gasteiger partial charge in [-0.3, -0.25) is 9.59 Å². The molecule has 0 aromatic heterocycles. The molecule has 35 heavy (non-hydrogen) atoms. The lowest BCUT2D eigenvalue weighted by Crippen LogP contribution is -2.51. The summed E-state index contributed by atoms with van der Waals surface area (Å²) in [6, 6.07) is 21.8. The number of hydrogen-bond donors (Lipinski definition) is 1. The van der Waals surface area contributed by atoms with Crippen LogP contribution < -0.4 is 5.32 Å². The normalized spacial score (nSPS) is 11.7. The molecule has 0 aliphatic heterocycles. The maximum absolute atomic E-state index is 13.5. The number of nitrogens with one attached hydrogen (secondary N) is 1. The monoisotopic (exact) mass is 548 g/mol. The lowest BCUT2D eigenvalue weighted by atomic mass is 10.0. The van der Waals surface area contributed by atoms with Gasteiger partial charge in [0.05, 0.1) is 15.8 Å². The SMILES string of the molecule is CCNC(=O)C(Cc1ccccc1)N(Cc1ccc(Cl)c(Cl)c1)C(=O)CSCc1ccccc1Cl. The molecule has 0 aliphatic rings. The Balaban J connectivity index is 1.85. The van der Waals surface area contributed by atoms with Gasteiger partial charge in [-0.15, -0.1) is 11.8 Å². The van der Waals surface area contributed by atoms with Gasteiger partial charge in [-0.2, -0.15) is 0 Å². The number of nitrogens with zero attached hydrogens (tertiary/aromatic N) is 1. The molecule has 184 valence electrons. The number of thioether (sulfide) groups is 1. The molecule has 3 rings (SSSR count). The lowest BCUT2D eigenvalue weighted by Gasteiger charge is -2.31. The third-order valence-corrected chi connectivity index (χ3v) is 7.47. The molecule has 0 heterocycles. The van der Waals surface area contributed by atoms with Gasteiger partial charge in [-0.05, 0) is 41.8 Å². The van der Waals surface area contributed by atoms with Crippen LogP contribution in [0.1, 0.15) is 23.6 Å². The van der Waals surface area contributed by atoms with Crippen molar-refractivity contribution in [1.29, 1.82) is 0 Å². The Morgan fingerprint density at radius 1 is 0.886 bits per heavy atom. The Morgan fingerprint density at radius 2 is 1.60 bits per heavy atom. The third kappa shape index (κ3) is 8.18. The number of hydrogen-bond acceptors (Lipinski definition) is 3. The van der Waals surface area contributed by atoms with Gasteiger partial charge < -0.3 is 10.2 Å². The van der Waals surface area contributed by atoms with E-state index in [1.165, 1.54) is 11.8 Å². The maximum atomic E-state index is 13.5. The van der Waals surface area contributed by atoms with Crippen LogP contribution in [0, 0.1) is 0 Å². The van der Waals surface area contributed by atoms with Crippen molar-refractivity contribution >= 4 is 58.4 Å². The zero-order chi connectivity index (χ0) is 25.2. The number of likely N-dealkylation sites (N-methyl/N-ethyl adjacent to an activating group) is 1. The van der Waals surface area contributed by atoms with E-state index in [9.17, 15) is 9.59 Å². The zero-order valence-electron chi connectivity index (χ0n) is 19.3. The summed E-state index contributed by atoms with van der Waals surface area (Å²) in [5.41, 5.74) is 2.73. The van der Waals surface area contributed by atoms with Crippen molar-refractivity contribution in [2.24, 2.45) is 0 Å². The number of carbonyl (C=O) groups excluding carboxylic acids is 2. The molecule has 3 aromatic rings. The van der Waals surface area contributed by atoms with Crippen LogP contribution in [-0.2, 0) is 28.3 Å². The summed E-state index contributed by atoms with van der Waals surface area (Å²) in [5, 5.41) is 4.41. The number of benzene rings is 3. The first kappa shape index (κ1) is 27.4. The first-order chi connectivity index (χ1) is 16.9. The van der Waals surface area contributed by atoms with Crippen LogP contribution in [0.4, 0.5) is 0 Å². The molecule has 4 nitrogen and oxygen atoms in total. The van der Waals surface area contributed by atoms with E-state index in [1.54, 1.807) is 17.0 Å². The summed E-state index contributed by atoms with van der Waals surface area (Å²) in [4.78, 5) is 28.4. The van der Waals surface area contributed by atoms with Crippen LogP contribution in [0.25, 0.3) is 0 Å². The third-order valence-electron chi connectivity index (χ3n) is 5.40. The van der Waals surface area contributed by atoms with Crippen LogP contribution >= 0.6 is 46.6 Å². The van der Waals surface area contributed by atoms with Crippen LogP contribution in [0.2, 0.25) is 15.1 Å². The Bertz CT molecular complexity index is 1140. The summed E-state index contributed by atoms with van der Waals surface area (Å²) in [6.07, 6.45) is 0.398. The van der Waals surface area contributed by atoms with Gasteiger partial charge >= 0.3 is 0 Å². The predicted molar refractivity (Wildman–Crippen MR) is 147 cm³/mol. The van der Waals surface area contributed by atoms with Gasteiger partial charge in [0.1, 0.15) is 6.04 Å². The zero-order valence-corrected chi connectivity index (χ0v) is 22.4. The number of halogens is 3. The van der Waals surface area contributed by atoms with Crippen molar-refractivity contribution < 1.29 is 9.59 Å². The molecule has 1 unspecified atom stereocenters. The summed E-state index contributed by atoms with van der Waals surface area (Å²) in [7, 11) is 0. The number of carbonyl (C=O) groups is 2. The van der Waals surface area contributed by atoms with Gasteiger partial charge in [0, 0.05) is 30.3 Å². The molecule has 0 aliphatic carbocycles. The fourth-order valence-corrected chi connectivity index (χ4v) is 5.14. The van der Waals surface area contributed by atoms with Crippen LogP contribution in [0.5, 0.6) is 0 Å².